The van der Waals surface area contributed by atoms with Crippen molar-refractivity contribution in [2.45, 2.75) is 45.4 Å². The SMILES string of the molecule is CCC(CC)CN(CC)S(=O)(=O)c1ccc(Br)c(C)c1. The highest BCUT2D eigenvalue weighted by Crippen LogP contribution is 2.24. The van der Waals surface area contributed by atoms with Gasteiger partial charge in [-0.05, 0) is 36.6 Å². The highest BCUT2D eigenvalue weighted by Gasteiger charge is 2.25. The molecule has 0 radical (unpaired) electrons. The average molecular weight is 362 g/mol. The van der Waals surface area contributed by atoms with Crippen LogP contribution in [0.4, 0.5) is 0 Å². The van der Waals surface area contributed by atoms with Gasteiger partial charge in [0.05, 0.1) is 4.90 Å². The lowest BCUT2D eigenvalue weighted by atomic mass is 10.0. The normalized spacial score (nSPS) is 12.3. The first-order chi connectivity index (χ1) is 9.36. The molecule has 0 bridgehead atoms. The predicted octanol–water partition coefficient (Wildman–Crippen LogP) is 4.20. The monoisotopic (exact) mass is 361 g/mol. The van der Waals surface area contributed by atoms with Crippen LogP contribution in [-0.4, -0.2) is 25.8 Å². The number of rotatable bonds is 7. The molecule has 0 spiro atoms. The number of hydrogen-bond donors (Lipinski definition) is 0. The predicted molar refractivity (Wildman–Crippen MR) is 87.4 cm³/mol. The van der Waals surface area contributed by atoms with E-state index in [9.17, 15) is 8.42 Å². The summed E-state index contributed by atoms with van der Waals surface area (Å²) >= 11 is 3.40. The fourth-order valence-electron chi connectivity index (χ4n) is 2.16. The van der Waals surface area contributed by atoms with Crippen LogP contribution in [0.25, 0.3) is 0 Å². The maximum atomic E-state index is 12.7. The summed E-state index contributed by atoms with van der Waals surface area (Å²) < 4.78 is 27.9. The van der Waals surface area contributed by atoms with Crippen molar-refractivity contribution in [1.29, 1.82) is 0 Å². The van der Waals surface area contributed by atoms with E-state index in [-0.39, 0.29) is 0 Å². The maximum absolute atomic E-state index is 12.7. The van der Waals surface area contributed by atoms with Crippen molar-refractivity contribution >= 4 is 26.0 Å². The van der Waals surface area contributed by atoms with Gasteiger partial charge in [-0.1, -0.05) is 49.5 Å². The molecule has 0 N–H and O–H groups in total. The fraction of sp³-hybridized carbons (Fsp3) is 0.600. The Kier molecular flexibility index (Phi) is 6.69. The van der Waals surface area contributed by atoms with Crippen LogP contribution < -0.4 is 0 Å². The van der Waals surface area contributed by atoms with Crippen molar-refractivity contribution in [2.24, 2.45) is 5.92 Å². The van der Waals surface area contributed by atoms with Gasteiger partial charge in [-0.25, -0.2) is 8.42 Å². The summed E-state index contributed by atoms with van der Waals surface area (Å²) in [5.41, 5.74) is 0.935. The summed E-state index contributed by atoms with van der Waals surface area (Å²) in [5.74, 6) is 0.418. The highest BCUT2D eigenvalue weighted by molar-refractivity contribution is 9.10. The van der Waals surface area contributed by atoms with Gasteiger partial charge in [0.1, 0.15) is 0 Å². The molecular formula is C15H24BrNO2S. The first-order valence-electron chi connectivity index (χ1n) is 7.13. The zero-order chi connectivity index (χ0) is 15.3. The van der Waals surface area contributed by atoms with E-state index >= 15 is 0 Å². The van der Waals surface area contributed by atoms with Crippen molar-refractivity contribution in [1.82, 2.24) is 4.31 Å². The van der Waals surface area contributed by atoms with Crippen LogP contribution in [0.15, 0.2) is 27.6 Å². The Labute approximate surface area is 131 Å². The molecule has 0 aliphatic heterocycles. The number of aryl methyl sites for hydroxylation is 1. The number of nitrogens with zero attached hydrogens (tertiary/aromatic N) is 1. The van der Waals surface area contributed by atoms with Crippen LogP contribution in [0, 0.1) is 12.8 Å². The largest absolute Gasteiger partial charge is 0.243 e. The molecule has 0 unspecified atom stereocenters. The van der Waals surface area contributed by atoms with Crippen molar-refractivity contribution in [3.63, 3.8) is 0 Å². The Morgan fingerprint density at radius 2 is 1.80 bits per heavy atom. The lowest BCUT2D eigenvalue weighted by molar-refractivity contribution is 0.339. The second kappa shape index (κ2) is 7.57. The lowest BCUT2D eigenvalue weighted by Gasteiger charge is -2.25. The molecule has 0 heterocycles. The minimum atomic E-state index is -3.39. The third kappa shape index (κ3) is 4.06. The van der Waals surface area contributed by atoms with Gasteiger partial charge < -0.3 is 0 Å². The minimum absolute atomic E-state index is 0.381. The average Bonchev–Trinajstić information content (AvgIpc) is 2.42. The second-order valence-corrected chi connectivity index (χ2v) is 7.84. The number of sulfonamides is 1. The van der Waals surface area contributed by atoms with Crippen LogP contribution in [0.5, 0.6) is 0 Å². The molecule has 0 atom stereocenters. The molecule has 0 aromatic heterocycles. The van der Waals surface area contributed by atoms with Crippen molar-refractivity contribution in [3.05, 3.63) is 28.2 Å². The molecule has 0 saturated carbocycles. The quantitative estimate of drug-likeness (QED) is 0.729. The van der Waals surface area contributed by atoms with Crippen molar-refractivity contribution in [3.8, 4) is 0 Å². The Hall–Kier alpha value is -0.390. The van der Waals surface area contributed by atoms with Gasteiger partial charge in [-0.15, -0.1) is 0 Å². The lowest BCUT2D eigenvalue weighted by Crippen LogP contribution is -2.35. The van der Waals surface area contributed by atoms with Crippen LogP contribution in [0.1, 0.15) is 39.2 Å². The zero-order valence-corrected chi connectivity index (χ0v) is 15.1. The van der Waals surface area contributed by atoms with Crippen LogP contribution in [-0.2, 0) is 10.0 Å². The topological polar surface area (TPSA) is 37.4 Å². The van der Waals surface area contributed by atoms with E-state index in [4.69, 9.17) is 0 Å². The molecule has 20 heavy (non-hydrogen) atoms. The molecule has 3 nitrogen and oxygen atoms in total. The van der Waals surface area contributed by atoms with Crippen molar-refractivity contribution < 1.29 is 8.42 Å². The van der Waals surface area contributed by atoms with Gasteiger partial charge >= 0.3 is 0 Å². The zero-order valence-electron chi connectivity index (χ0n) is 12.7. The second-order valence-electron chi connectivity index (χ2n) is 5.05. The van der Waals surface area contributed by atoms with Gasteiger partial charge in [0.2, 0.25) is 10.0 Å². The van der Waals surface area contributed by atoms with Crippen molar-refractivity contribution in [2.75, 3.05) is 13.1 Å². The smallest absolute Gasteiger partial charge is 0.207 e. The summed E-state index contributed by atoms with van der Waals surface area (Å²) in [4.78, 5) is 0.381. The molecule has 1 rings (SSSR count). The van der Waals surface area contributed by atoms with Gasteiger partial charge in [-0.2, -0.15) is 4.31 Å². The van der Waals surface area contributed by atoms with Crippen LogP contribution >= 0.6 is 15.9 Å². The Balaban J connectivity index is 3.08. The number of halogens is 1. The summed E-state index contributed by atoms with van der Waals surface area (Å²) in [6.07, 6.45) is 2.00. The Morgan fingerprint density at radius 3 is 2.25 bits per heavy atom. The molecular weight excluding hydrogens is 338 g/mol. The number of benzene rings is 1. The molecule has 0 saturated heterocycles. The molecule has 1 aromatic rings. The minimum Gasteiger partial charge on any atom is -0.207 e. The Bertz CT molecular complexity index is 539. The molecule has 114 valence electrons. The summed E-state index contributed by atoms with van der Waals surface area (Å²) in [7, 11) is -3.39. The molecule has 5 heteroatoms. The van der Waals surface area contributed by atoms with E-state index < -0.39 is 10.0 Å². The van der Waals surface area contributed by atoms with E-state index in [1.54, 1.807) is 22.5 Å². The van der Waals surface area contributed by atoms with E-state index in [0.717, 1.165) is 22.9 Å². The van der Waals surface area contributed by atoms with Crippen LogP contribution in [0.2, 0.25) is 0 Å². The van der Waals surface area contributed by atoms with Crippen LogP contribution in [0.3, 0.4) is 0 Å². The van der Waals surface area contributed by atoms with E-state index in [1.165, 1.54) is 0 Å². The Morgan fingerprint density at radius 1 is 1.20 bits per heavy atom. The molecule has 0 aliphatic carbocycles. The molecule has 0 fully saturated rings. The third-order valence-corrected chi connectivity index (χ3v) is 6.56. The fourth-order valence-corrected chi connectivity index (χ4v) is 4.02. The van der Waals surface area contributed by atoms with E-state index in [0.29, 0.717) is 23.9 Å². The van der Waals surface area contributed by atoms with Gasteiger partial charge in [-0.3, -0.25) is 0 Å². The van der Waals surface area contributed by atoms with E-state index in [1.807, 2.05) is 13.8 Å². The maximum Gasteiger partial charge on any atom is 0.243 e. The standard InChI is InChI=1S/C15H24BrNO2S/c1-5-13(6-2)11-17(7-3)20(18,19)14-8-9-15(16)12(4)10-14/h8-10,13H,5-7,11H2,1-4H3. The van der Waals surface area contributed by atoms with Gasteiger partial charge in [0.15, 0.2) is 0 Å². The number of hydrogen-bond acceptors (Lipinski definition) is 2. The van der Waals surface area contributed by atoms with Gasteiger partial charge in [0, 0.05) is 17.6 Å². The third-order valence-electron chi connectivity index (χ3n) is 3.74. The van der Waals surface area contributed by atoms with E-state index in [2.05, 4.69) is 29.8 Å². The highest BCUT2D eigenvalue weighted by atomic mass is 79.9. The summed E-state index contributed by atoms with van der Waals surface area (Å²) in [6.45, 7) is 9.12. The first-order valence-corrected chi connectivity index (χ1v) is 9.36. The molecule has 1 aromatic carbocycles. The molecule has 0 aliphatic rings. The van der Waals surface area contributed by atoms with Gasteiger partial charge in [0.25, 0.3) is 0 Å². The first kappa shape index (κ1) is 17.7. The summed E-state index contributed by atoms with van der Waals surface area (Å²) in [6, 6.07) is 5.20. The molecule has 0 amide bonds. The summed E-state index contributed by atoms with van der Waals surface area (Å²) in [5, 5.41) is 0.